The highest BCUT2D eigenvalue weighted by molar-refractivity contribution is 6.32. The first-order valence-corrected chi connectivity index (χ1v) is 6.33. The SMILES string of the molecule is O=[N+]([O-])c1ccc(-c2onc3c([N+](=O)[O-])cc(Cl)cc23)cc1. The number of nitro groups is 2. The highest BCUT2D eigenvalue weighted by atomic mass is 35.5. The van der Waals surface area contributed by atoms with Gasteiger partial charge in [0.1, 0.15) is 0 Å². The Morgan fingerprint density at radius 1 is 1.05 bits per heavy atom. The first-order chi connectivity index (χ1) is 10.5. The van der Waals surface area contributed by atoms with Crippen molar-refractivity contribution in [3.05, 3.63) is 61.6 Å². The number of non-ortho nitro benzene ring substituents is 2. The zero-order valence-electron chi connectivity index (χ0n) is 10.7. The van der Waals surface area contributed by atoms with Gasteiger partial charge < -0.3 is 4.52 Å². The van der Waals surface area contributed by atoms with Gasteiger partial charge in [0.05, 0.1) is 15.2 Å². The van der Waals surface area contributed by atoms with E-state index in [0.717, 1.165) is 0 Å². The van der Waals surface area contributed by atoms with Crippen LogP contribution in [0.2, 0.25) is 5.02 Å². The van der Waals surface area contributed by atoms with Crippen LogP contribution in [0.4, 0.5) is 11.4 Å². The van der Waals surface area contributed by atoms with E-state index in [-0.39, 0.29) is 27.7 Å². The topological polar surface area (TPSA) is 112 Å². The summed E-state index contributed by atoms with van der Waals surface area (Å²) in [5, 5.41) is 25.9. The van der Waals surface area contributed by atoms with Gasteiger partial charge in [-0.2, -0.15) is 0 Å². The molecule has 0 saturated carbocycles. The molecule has 3 rings (SSSR count). The Hall–Kier alpha value is -3.00. The van der Waals surface area contributed by atoms with Crippen molar-refractivity contribution < 1.29 is 14.4 Å². The highest BCUT2D eigenvalue weighted by Gasteiger charge is 2.21. The molecule has 0 aliphatic carbocycles. The Bertz CT molecular complexity index is 904. The van der Waals surface area contributed by atoms with Crippen LogP contribution in [0.1, 0.15) is 0 Å². The van der Waals surface area contributed by atoms with Gasteiger partial charge in [-0.05, 0) is 18.2 Å². The van der Waals surface area contributed by atoms with Crippen molar-refractivity contribution in [2.75, 3.05) is 0 Å². The molecular formula is C13H6ClN3O5. The van der Waals surface area contributed by atoms with Crippen LogP contribution >= 0.6 is 11.6 Å². The lowest BCUT2D eigenvalue weighted by Crippen LogP contribution is -1.89. The van der Waals surface area contributed by atoms with E-state index in [1.165, 1.54) is 36.4 Å². The molecule has 0 amide bonds. The summed E-state index contributed by atoms with van der Waals surface area (Å²) in [5.41, 5.74) is 0.239. The van der Waals surface area contributed by atoms with Crippen molar-refractivity contribution in [1.29, 1.82) is 0 Å². The van der Waals surface area contributed by atoms with Gasteiger partial charge in [-0.3, -0.25) is 20.2 Å². The van der Waals surface area contributed by atoms with Crippen LogP contribution in [0.5, 0.6) is 0 Å². The maximum absolute atomic E-state index is 11.0. The third-order valence-corrected chi connectivity index (χ3v) is 3.28. The average Bonchev–Trinajstić information content (AvgIpc) is 2.89. The molecule has 1 aromatic heterocycles. The summed E-state index contributed by atoms with van der Waals surface area (Å²) in [7, 11) is 0. The van der Waals surface area contributed by atoms with E-state index < -0.39 is 9.85 Å². The zero-order valence-corrected chi connectivity index (χ0v) is 11.5. The van der Waals surface area contributed by atoms with Crippen LogP contribution in [-0.4, -0.2) is 15.0 Å². The minimum Gasteiger partial charge on any atom is -0.355 e. The zero-order chi connectivity index (χ0) is 15.9. The number of nitrogens with zero attached hydrogens (tertiary/aromatic N) is 3. The molecule has 110 valence electrons. The monoisotopic (exact) mass is 319 g/mol. The van der Waals surface area contributed by atoms with Crippen molar-refractivity contribution in [2.45, 2.75) is 0 Å². The molecule has 0 N–H and O–H groups in total. The van der Waals surface area contributed by atoms with E-state index in [0.29, 0.717) is 10.9 Å². The molecule has 0 saturated heterocycles. The number of nitro benzene ring substituents is 2. The number of benzene rings is 2. The largest absolute Gasteiger partial charge is 0.355 e. The fourth-order valence-corrected chi connectivity index (χ4v) is 2.29. The Morgan fingerprint density at radius 2 is 1.73 bits per heavy atom. The molecule has 22 heavy (non-hydrogen) atoms. The van der Waals surface area contributed by atoms with Crippen molar-refractivity contribution >= 4 is 33.9 Å². The van der Waals surface area contributed by atoms with Crippen LogP contribution in [0, 0.1) is 20.2 Å². The second kappa shape index (κ2) is 5.08. The predicted octanol–water partition coefficient (Wildman–Crippen LogP) is 3.96. The summed E-state index contributed by atoms with van der Waals surface area (Å²) in [6.45, 7) is 0. The Kier molecular flexibility index (Phi) is 3.22. The van der Waals surface area contributed by atoms with E-state index in [1.54, 1.807) is 0 Å². The Labute approximate surface area is 127 Å². The van der Waals surface area contributed by atoms with E-state index in [4.69, 9.17) is 16.1 Å². The number of hydrogen-bond acceptors (Lipinski definition) is 6. The van der Waals surface area contributed by atoms with Gasteiger partial charge in [-0.25, -0.2) is 0 Å². The maximum atomic E-state index is 11.0. The smallest absolute Gasteiger partial charge is 0.300 e. The van der Waals surface area contributed by atoms with Gasteiger partial charge >= 0.3 is 5.69 Å². The van der Waals surface area contributed by atoms with Crippen LogP contribution in [0.25, 0.3) is 22.2 Å². The third-order valence-electron chi connectivity index (χ3n) is 3.06. The molecule has 8 nitrogen and oxygen atoms in total. The van der Waals surface area contributed by atoms with E-state index in [9.17, 15) is 20.2 Å². The van der Waals surface area contributed by atoms with Crippen molar-refractivity contribution in [3.8, 4) is 11.3 Å². The third kappa shape index (κ3) is 2.25. The van der Waals surface area contributed by atoms with Gasteiger partial charge in [-0.15, -0.1) is 0 Å². The van der Waals surface area contributed by atoms with Crippen molar-refractivity contribution in [1.82, 2.24) is 5.16 Å². The number of fused-ring (bicyclic) bond motifs is 1. The molecule has 0 radical (unpaired) electrons. The fraction of sp³-hybridized carbons (Fsp3) is 0. The van der Waals surface area contributed by atoms with E-state index in [1.807, 2.05) is 0 Å². The standard InChI is InChI=1S/C13H6ClN3O5/c14-8-5-10-12(11(6-8)17(20)21)15-22-13(10)7-1-3-9(4-2-7)16(18)19/h1-6H. The summed E-state index contributed by atoms with van der Waals surface area (Å²) in [6.07, 6.45) is 0. The lowest BCUT2D eigenvalue weighted by molar-refractivity contribution is -0.384. The second-order valence-corrected chi connectivity index (χ2v) is 4.83. The first kappa shape index (κ1) is 14.0. The normalized spacial score (nSPS) is 10.8. The summed E-state index contributed by atoms with van der Waals surface area (Å²) in [5.74, 6) is 0.260. The van der Waals surface area contributed by atoms with Gasteiger partial charge in [0.15, 0.2) is 11.3 Å². The molecule has 2 aromatic carbocycles. The molecule has 0 unspecified atom stereocenters. The molecule has 0 aliphatic heterocycles. The minimum atomic E-state index is -0.601. The summed E-state index contributed by atoms with van der Waals surface area (Å²) < 4.78 is 5.16. The molecule has 0 aliphatic rings. The maximum Gasteiger partial charge on any atom is 0.300 e. The first-order valence-electron chi connectivity index (χ1n) is 5.95. The van der Waals surface area contributed by atoms with E-state index >= 15 is 0 Å². The second-order valence-electron chi connectivity index (χ2n) is 4.39. The quantitative estimate of drug-likeness (QED) is 0.533. The molecule has 0 atom stereocenters. The minimum absolute atomic E-state index is 0.0720. The van der Waals surface area contributed by atoms with Crippen LogP contribution in [-0.2, 0) is 0 Å². The van der Waals surface area contributed by atoms with Gasteiger partial charge in [-0.1, -0.05) is 16.8 Å². The molecule has 1 heterocycles. The fourth-order valence-electron chi connectivity index (χ4n) is 2.08. The molecule has 0 fully saturated rings. The van der Waals surface area contributed by atoms with Crippen molar-refractivity contribution in [3.63, 3.8) is 0 Å². The van der Waals surface area contributed by atoms with Crippen LogP contribution in [0.3, 0.4) is 0 Å². The predicted molar refractivity (Wildman–Crippen MR) is 77.8 cm³/mol. The van der Waals surface area contributed by atoms with Crippen LogP contribution < -0.4 is 0 Å². The molecule has 0 spiro atoms. The average molecular weight is 320 g/mol. The number of halogens is 1. The number of rotatable bonds is 3. The summed E-state index contributed by atoms with van der Waals surface area (Å²) in [6, 6.07) is 8.25. The van der Waals surface area contributed by atoms with Gasteiger partial charge in [0.25, 0.3) is 5.69 Å². The number of hydrogen-bond donors (Lipinski definition) is 0. The molecular weight excluding hydrogens is 314 g/mol. The Morgan fingerprint density at radius 3 is 2.32 bits per heavy atom. The lowest BCUT2D eigenvalue weighted by atomic mass is 10.1. The Balaban J connectivity index is 2.19. The molecule has 9 heteroatoms. The summed E-state index contributed by atoms with van der Waals surface area (Å²) >= 11 is 5.89. The highest BCUT2D eigenvalue weighted by Crippen LogP contribution is 2.36. The molecule has 0 bridgehead atoms. The number of aromatic nitrogens is 1. The van der Waals surface area contributed by atoms with Crippen molar-refractivity contribution in [2.24, 2.45) is 0 Å². The van der Waals surface area contributed by atoms with Gasteiger partial charge in [0, 0.05) is 28.8 Å². The molecule has 3 aromatic rings. The lowest BCUT2D eigenvalue weighted by Gasteiger charge is -1.98. The van der Waals surface area contributed by atoms with Gasteiger partial charge in [0.2, 0.25) is 0 Å². The van der Waals surface area contributed by atoms with E-state index in [2.05, 4.69) is 5.16 Å². The van der Waals surface area contributed by atoms with Crippen LogP contribution in [0.15, 0.2) is 40.9 Å². The summed E-state index contributed by atoms with van der Waals surface area (Å²) in [4.78, 5) is 20.6.